The average molecular weight is 334 g/mol. The van der Waals surface area contributed by atoms with Crippen molar-refractivity contribution in [2.45, 2.75) is 77.0 Å². The van der Waals surface area contributed by atoms with Gasteiger partial charge in [0, 0.05) is 16.7 Å². The van der Waals surface area contributed by atoms with E-state index < -0.39 is 29.3 Å². The van der Waals surface area contributed by atoms with Crippen LogP contribution >= 0.6 is 0 Å². The van der Waals surface area contributed by atoms with Crippen molar-refractivity contribution in [1.82, 2.24) is 0 Å². The van der Waals surface area contributed by atoms with E-state index in [2.05, 4.69) is 34.3 Å². The summed E-state index contributed by atoms with van der Waals surface area (Å²) in [6.45, 7) is 13.0. The Morgan fingerprint density at radius 1 is 1.17 bits per heavy atom. The molecule has 0 aromatic carbocycles. The largest absolute Gasteiger partial charge is 0.390 e. The third-order valence-corrected chi connectivity index (χ3v) is 9.67. The molecule has 24 heavy (non-hydrogen) atoms. The van der Waals surface area contributed by atoms with Crippen molar-refractivity contribution >= 4 is 0 Å². The van der Waals surface area contributed by atoms with E-state index in [1.165, 1.54) is 0 Å². The lowest BCUT2D eigenvalue weighted by atomic mass is 9.55. The molecule has 2 spiro atoms. The van der Waals surface area contributed by atoms with Gasteiger partial charge in [-0.25, -0.2) is 0 Å². The molecule has 0 aromatic rings. The van der Waals surface area contributed by atoms with Crippen LogP contribution in [0.3, 0.4) is 0 Å². The van der Waals surface area contributed by atoms with Gasteiger partial charge in [0.2, 0.25) is 0 Å². The van der Waals surface area contributed by atoms with Crippen LogP contribution in [-0.2, 0) is 4.74 Å². The van der Waals surface area contributed by atoms with Crippen LogP contribution < -0.4 is 0 Å². The maximum Gasteiger partial charge on any atom is 0.118 e. The molecule has 4 saturated carbocycles. The highest BCUT2D eigenvalue weighted by molar-refractivity contribution is 5.47. The van der Waals surface area contributed by atoms with Crippen LogP contribution in [0.25, 0.3) is 0 Å². The van der Waals surface area contributed by atoms with Crippen LogP contribution in [0.1, 0.15) is 47.0 Å². The second-order valence-electron chi connectivity index (χ2n) is 9.95. The van der Waals surface area contributed by atoms with Gasteiger partial charge >= 0.3 is 0 Å². The van der Waals surface area contributed by atoms with E-state index in [-0.39, 0.29) is 22.9 Å². The first-order valence-corrected chi connectivity index (χ1v) is 9.52. The Morgan fingerprint density at radius 3 is 2.46 bits per heavy atom. The van der Waals surface area contributed by atoms with Crippen molar-refractivity contribution in [3.05, 3.63) is 12.2 Å². The monoisotopic (exact) mass is 334 g/mol. The van der Waals surface area contributed by atoms with Gasteiger partial charge in [-0.05, 0) is 42.1 Å². The van der Waals surface area contributed by atoms with E-state index in [1.54, 1.807) is 0 Å². The number of ether oxygens (including phenoxy) is 1. The zero-order valence-corrected chi connectivity index (χ0v) is 15.1. The van der Waals surface area contributed by atoms with Crippen LogP contribution in [0.5, 0.6) is 0 Å². The summed E-state index contributed by atoms with van der Waals surface area (Å²) < 4.78 is 6.14. The quantitative estimate of drug-likeness (QED) is 0.506. The number of hydrogen-bond acceptors (Lipinski definition) is 4. The fourth-order valence-corrected chi connectivity index (χ4v) is 8.58. The third kappa shape index (κ3) is 1.11. The summed E-state index contributed by atoms with van der Waals surface area (Å²) in [6.07, 6.45) is 0.583. The Kier molecular flexibility index (Phi) is 2.60. The maximum absolute atomic E-state index is 11.3. The molecule has 1 unspecified atom stereocenters. The molecule has 4 nitrogen and oxygen atoms in total. The van der Waals surface area contributed by atoms with Crippen LogP contribution in [0, 0.1) is 34.0 Å². The molecule has 134 valence electrons. The Labute approximate surface area is 143 Å². The van der Waals surface area contributed by atoms with Crippen molar-refractivity contribution < 1.29 is 20.1 Å². The average Bonchev–Trinajstić information content (AvgIpc) is 3.05. The van der Waals surface area contributed by atoms with Crippen molar-refractivity contribution in [3.63, 3.8) is 0 Å². The predicted molar refractivity (Wildman–Crippen MR) is 89.1 cm³/mol. The first-order valence-electron chi connectivity index (χ1n) is 9.52. The van der Waals surface area contributed by atoms with Gasteiger partial charge in [-0.1, -0.05) is 34.3 Å². The van der Waals surface area contributed by atoms with E-state index in [0.29, 0.717) is 11.8 Å². The molecule has 3 N–H and O–H groups in total. The molecule has 4 heteroatoms. The Morgan fingerprint density at radius 2 is 1.83 bits per heavy atom. The third-order valence-electron chi connectivity index (χ3n) is 9.67. The van der Waals surface area contributed by atoms with Crippen molar-refractivity contribution in [2.75, 3.05) is 0 Å². The lowest BCUT2D eigenvalue weighted by molar-refractivity contribution is -0.0777. The Bertz CT molecular complexity index is 646. The molecule has 1 heterocycles. The van der Waals surface area contributed by atoms with Crippen LogP contribution in [0.15, 0.2) is 12.2 Å². The maximum atomic E-state index is 11.3. The molecule has 5 rings (SSSR count). The highest BCUT2D eigenvalue weighted by Crippen LogP contribution is 2.87. The molecule has 1 saturated heterocycles. The molecule has 0 amide bonds. The molecule has 1 aliphatic heterocycles. The van der Waals surface area contributed by atoms with E-state index in [1.807, 2.05) is 0 Å². The molecular weight excluding hydrogens is 304 g/mol. The van der Waals surface area contributed by atoms with Crippen LogP contribution in [0.2, 0.25) is 0 Å². The van der Waals surface area contributed by atoms with Gasteiger partial charge in [0.25, 0.3) is 0 Å². The first-order chi connectivity index (χ1) is 11.1. The molecule has 5 aliphatic rings. The second kappa shape index (κ2) is 3.95. The molecule has 0 bridgehead atoms. The number of hydrogen-bond donors (Lipinski definition) is 3. The molecule has 5 fully saturated rings. The lowest BCUT2D eigenvalue weighted by Crippen LogP contribution is -2.50. The van der Waals surface area contributed by atoms with Gasteiger partial charge in [-0.2, -0.15) is 0 Å². The summed E-state index contributed by atoms with van der Waals surface area (Å²) in [6, 6.07) is 0. The van der Waals surface area contributed by atoms with Crippen molar-refractivity contribution in [3.8, 4) is 0 Å². The van der Waals surface area contributed by atoms with Gasteiger partial charge in [0.1, 0.15) is 17.8 Å². The number of rotatable bonds is 1. The fourth-order valence-electron chi connectivity index (χ4n) is 8.58. The zero-order valence-electron chi connectivity index (χ0n) is 15.1. The summed E-state index contributed by atoms with van der Waals surface area (Å²) in [5, 5.41) is 32.9. The van der Waals surface area contributed by atoms with Gasteiger partial charge in [0.05, 0.1) is 12.2 Å². The van der Waals surface area contributed by atoms with E-state index in [0.717, 1.165) is 24.8 Å². The molecule has 10 atom stereocenters. The topological polar surface area (TPSA) is 73.2 Å². The minimum Gasteiger partial charge on any atom is -0.390 e. The Hall–Kier alpha value is -0.420. The minimum absolute atomic E-state index is 0.106. The molecule has 4 aliphatic carbocycles. The van der Waals surface area contributed by atoms with E-state index >= 15 is 0 Å². The molecular formula is C20H30O4. The van der Waals surface area contributed by atoms with Gasteiger partial charge in [0.15, 0.2) is 0 Å². The standard InChI is InChI=1S/C20H30O4/c1-9(2)11-6-7-19-8-12-10(3)13(21)16-20(12,24-16)18(19,5)15(23)14(22)17(11,19)4/h9,11-16,21-23H,3,6-8H2,1-2,4-5H3/t11?,12-,13+,14+,15+,16-,17+,18+,19-,20+/m1/s1. The number of aliphatic hydroxyl groups excluding tert-OH is 3. The molecule has 0 radical (unpaired) electrons. The fraction of sp³-hybridized carbons (Fsp3) is 0.900. The number of aliphatic hydroxyl groups is 3. The highest BCUT2D eigenvalue weighted by Gasteiger charge is 2.93. The number of epoxide rings is 1. The zero-order chi connectivity index (χ0) is 17.4. The summed E-state index contributed by atoms with van der Waals surface area (Å²) in [5.41, 5.74) is -0.610. The van der Waals surface area contributed by atoms with Crippen molar-refractivity contribution in [2.24, 2.45) is 34.0 Å². The lowest BCUT2D eigenvalue weighted by Gasteiger charge is -2.47. The Balaban J connectivity index is 1.73. The highest BCUT2D eigenvalue weighted by atomic mass is 16.6. The van der Waals surface area contributed by atoms with Gasteiger partial charge in [-0.15, -0.1) is 0 Å². The predicted octanol–water partition coefficient (Wildman–Crippen LogP) is 1.87. The summed E-state index contributed by atoms with van der Waals surface area (Å²) in [7, 11) is 0. The first kappa shape index (κ1) is 15.8. The second-order valence-corrected chi connectivity index (χ2v) is 9.95. The van der Waals surface area contributed by atoms with E-state index in [9.17, 15) is 15.3 Å². The minimum atomic E-state index is -0.808. The summed E-state index contributed by atoms with van der Waals surface area (Å²) >= 11 is 0. The summed E-state index contributed by atoms with van der Waals surface area (Å²) in [4.78, 5) is 0. The van der Waals surface area contributed by atoms with Crippen molar-refractivity contribution in [1.29, 1.82) is 0 Å². The van der Waals surface area contributed by atoms with Crippen LogP contribution in [0.4, 0.5) is 0 Å². The van der Waals surface area contributed by atoms with Gasteiger partial charge in [-0.3, -0.25) is 0 Å². The summed E-state index contributed by atoms with van der Waals surface area (Å²) in [5.74, 6) is 0.978. The van der Waals surface area contributed by atoms with E-state index in [4.69, 9.17) is 4.74 Å². The normalized spacial score (nSPS) is 66.6. The smallest absolute Gasteiger partial charge is 0.118 e. The molecule has 0 aromatic heterocycles. The van der Waals surface area contributed by atoms with Crippen LogP contribution in [-0.4, -0.2) is 45.3 Å². The SMILES string of the molecule is C=C1[C@H]2C[C@]34CCC(C(C)C)[C@@]3(C)[C@@H](O)[C@H](O)[C@]4(C)[C@]23O[C@@H]3[C@H]1O. The van der Waals surface area contributed by atoms with Gasteiger partial charge < -0.3 is 20.1 Å².